The summed E-state index contributed by atoms with van der Waals surface area (Å²) in [5.74, 6) is 0.125. The SMILES string of the molecule is CCOC(=O)c1ccc2c(c1)nc(SCC(=O)Nc1cc3oc4ccccc4c3cc1OC)n2CC. The number of aryl methyl sites for hydroxylation is 1. The van der Waals surface area contributed by atoms with Crippen molar-refractivity contribution in [3.05, 3.63) is 60.2 Å². The minimum absolute atomic E-state index is 0.148. The molecule has 2 heterocycles. The lowest BCUT2D eigenvalue weighted by Gasteiger charge is -2.10. The summed E-state index contributed by atoms with van der Waals surface area (Å²) in [6.07, 6.45) is 0. The van der Waals surface area contributed by atoms with E-state index in [4.69, 9.17) is 13.9 Å². The lowest BCUT2D eigenvalue weighted by molar-refractivity contribution is -0.113. The average molecular weight is 504 g/mol. The fourth-order valence-electron chi connectivity index (χ4n) is 4.20. The summed E-state index contributed by atoms with van der Waals surface area (Å²) in [6.45, 7) is 4.77. The van der Waals surface area contributed by atoms with Gasteiger partial charge in [-0.15, -0.1) is 0 Å². The number of fused-ring (bicyclic) bond motifs is 4. The number of carbonyl (C=O) groups is 2. The maximum Gasteiger partial charge on any atom is 0.338 e. The molecule has 9 heteroatoms. The molecule has 0 bridgehead atoms. The van der Waals surface area contributed by atoms with Crippen LogP contribution in [-0.4, -0.2) is 40.9 Å². The molecule has 0 aliphatic rings. The molecule has 0 aliphatic carbocycles. The Labute approximate surface area is 211 Å². The highest BCUT2D eigenvalue weighted by Gasteiger charge is 2.17. The second-order valence-electron chi connectivity index (χ2n) is 8.05. The zero-order valence-electron chi connectivity index (χ0n) is 20.2. The van der Waals surface area contributed by atoms with Crippen LogP contribution in [0.3, 0.4) is 0 Å². The zero-order chi connectivity index (χ0) is 25.2. The first-order valence-corrected chi connectivity index (χ1v) is 12.6. The van der Waals surface area contributed by atoms with E-state index in [2.05, 4.69) is 10.3 Å². The number of rotatable bonds is 8. The van der Waals surface area contributed by atoms with Crippen molar-refractivity contribution >= 4 is 62.3 Å². The summed E-state index contributed by atoms with van der Waals surface area (Å²) in [5.41, 5.74) is 4.02. The lowest BCUT2D eigenvalue weighted by atomic mass is 10.1. The van der Waals surface area contributed by atoms with Gasteiger partial charge >= 0.3 is 5.97 Å². The molecule has 1 amide bonds. The third-order valence-electron chi connectivity index (χ3n) is 5.85. The van der Waals surface area contributed by atoms with Gasteiger partial charge in [-0.2, -0.15) is 0 Å². The highest BCUT2D eigenvalue weighted by atomic mass is 32.2. The van der Waals surface area contributed by atoms with Crippen LogP contribution in [0, 0.1) is 0 Å². The minimum atomic E-state index is -0.380. The van der Waals surface area contributed by atoms with Crippen molar-refractivity contribution in [2.75, 3.05) is 24.8 Å². The molecule has 0 aliphatic heterocycles. The largest absolute Gasteiger partial charge is 0.495 e. The van der Waals surface area contributed by atoms with Crippen molar-refractivity contribution in [1.29, 1.82) is 0 Å². The molecule has 2 aromatic heterocycles. The van der Waals surface area contributed by atoms with Crippen molar-refractivity contribution in [3.8, 4) is 5.75 Å². The van der Waals surface area contributed by atoms with Crippen molar-refractivity contribution in [2.24, 2.45) is 0 Å². The Hall–Kier alpha value is -3.98. The van der Waals surface area contributed by atoms with Gasteiger partial charge in [0.05, 0.1) is 41.8 Å². The minimum Gasteiger partial charge on any atom is -0.495 e. The molecule has 0 unspecified atom stereocenters. The number of para-hydroxylation sites is 1. The molecule has 3 aromatic carbocycles. The van der Waals surface area contributed by atoms with E-state index >= 15 is 0 Å². The monoisotopic (exact) mass is 503 g/mol. The Morgan fingerprint density at radius 3 is 2.67 bits per heavy atom. The van der Waals surface area contributed by atoms with Crippen LogP contribution in [0.5, 0.6) is 5.75 Å². The number of hydrogen-bond acceptors (Lipinski definition) is 7. The number of ether oxygens (including phenoxy) is 2. The first-order valence-electron chi connectivity index (χ1n) is 11.6. The van der Waals surface area contributed by atoms with E-state index in [1.54, 1.807) is 32.2 Å². The van der Waals surface area contributed by atoms with Gasteiger partial charge in [0.1, 0.15) is 16.9 Å². The maximum absolute atomic E-state index is 12.9. The third kappa shape index (κ3) is 4.37. The highest BCUT2D eigenvalue weighted by molar-refractivity contribution is 7.99. The van der Waals surface area contributed by atoms with E-state index in [1.807, 2.05) is 47.9 Å². The van der Waals surface area contributed by atoms with Gasteiger partial charge in [-0.1, -0.05) is 30.0 Å². The molecule has 0 fully saturated rings. The molecule has 0 radical (unpaired) electrons. The van der Waals surface area contributed by atoms with E-state index in [1.165, 1.54) is 11.8 Å². The van der Waals surface area contributed by atoms with Gasteiger partial charge in [0, 0.05) is 23.4 Å². The predicted octanol–water partition coefficient (Wildman–Crippen LogP) is 5.87. The predicted molar refractivity (Wildman–Crippen MR) is 141 cm³/mol. The van der Waals surface area contributed by atoms with Gasteiger partial charge in [-0.05, 0) is 44.2 Å². The Balaban J connectivity index is 1.35. The van der Waals surface area contributed by atoms with Gasteiger partial charge in [0.2, 0.25) is 5.91 Å². The fraction of sp³-hybridized carbons (Fsp3) is 0.222. The molecule has 0 saturated carbocycles. The summed E-state index contributed by atoms with van der Waals surface area (Å²) < 4.78 is 18.6. The summed E-state index contributed by atoms with van der Waals surface area (Å²) >= 11 is 1.33. The smallest absolute Gasteiger partial charge is 0.338 e. The molecule has 184 valence electrons. The van der Waals surface area contributed by atoms with Crippen LogP contribution in [0.4, 0.5) is 5.69 Å². The van der Waals surface area contributed by atoms with Gasteiger partial charge in [0.25, 0.3) is 0 Å². The number of furan rings is 1. The molecule has 5 aromatic rings. The number of benzene rings is 3. The number of aromatic nitrogens is 2. The topological polar surface area (TPSA) is 95.6 Å². The molecular formula is C27H25N3O5S. The van der Waals surface area contributed by atoms with Gasteiger partial charge < -0.3 is 23.8 Å². The highest BCUT2D eigenvalue weighted by Crippen LogP contribution is 2.36. The number of imidazole rings is 1. The van der Waals surface area contributed by atoms with Gasteiger partial charge in [-0.25, -0.2) is 9.78 Å². The number of thioether (sulfide) groups is 1. The standard InChI is InChI=1S/C27H25N3O5S/c1-4-30-21-11-10-16(26(32)34-5-2)12-19(21)29-27(30)36-15-25(31)28-20-14-23-18(13-24(20)33-3)17-8-6-7-9-22(17)35-23/h6-14H,4-5,15H2,1-3H3,(H,28,31). The van der Waals surface area contributed by atoms with E-state index in [0.717, 1.165) is 21.9 Å². The van der Waals surface area contributed by atoms with E-state index in [0.29, 0.717) is 46.4 Å². The van der Waals surface area contributed by atoms with Crippen LogP contribution in [0.2, 0.25) is 0 Å². The normalized spacial score (nSPS) is 11.3. The number of hydrogen-bond donors (Lipinski definition) is 1. The summed E-state index contributed by atoms with van der Waals surface area (Å²) in [6, 6.07) is 16.7. The van der Waals surface area contributed by atoms with Crippen LogP contribution in [0.1, 0.15) is 24.2 Å². The number of anilines is 1. The molecule has 5 rings (SSSR count). The van der Waals surface area contributed by atoms with Crippen LogP contribution in [0.25, 0.3) is 33.0 Å². The molecular weight excluding hydrogens is 478 g/mol. The number of nitrogens with one attached hydrogen (secondary N) is 1. The first-order chi connectivity index (χ1) is 17.5. The molecule has 0 saturated heterocycles. The number of esters is 1. The Morgan fingerprint density at radius 1 is 1.06 bits per heavy atom. The first kappa shape index (κ1) is 23.7. The zero-order valence-corrected chi connectivity index (χ0v) is 21.0. The number of methoxy groups -OCH3 is 1. The number of carbonyl (C=O) groups excluding carboxylic acids is 2. The van der Waals surface area contributed by atoms with Crippen molar-refractivity contribution < 1.29 is 23.5 Å². The van der Waals surface area contributed by atoms with Crippen LogP contribution >= 0.6 is 11.8 Å². The van der Waals surface area contributed by atoms with Crippen LogP contribution in [-0.2, 0) is 16.1 Å². The average Bonchev–Trinajstić information content (AvgIpc) is 3.43. The van der Waals surface area contributed by atoms with Crippen molar-refractivity contribution in [1.82, 2.24) is 9.55 Å². The van der Waals surface area contributed by atoms with Crippen LogP contribution in [0.15, 0.2) is 64.2 Å². The number of nitrogens with zero attached hydrogens (tertiary/aromatic N) is 2. The fourth-order valence-corrected chi connectivity index (χ4v) is 5.08. The second kappa shape index (κ2) is 9.94. The summed E-state index contributed by atoms with van der Waals surface area (Å²) in [7, 11) is 1.57. The lowest BCUT2D eigenvalue weighted by Crippen LogP contribution is -2.15. The summed E-state index contributed by atoms with van der Waals surface area (Å²) in [5, 5.41) is 5.55. The quantitative estimate of drug-likeness (QED) is 0.209. The van der Waals surface area contributed by atoms with E-state index in [-0.39, 0.29) is 17.6 Å². The van der Waals surface area contributed by atoms with Crippen LogP contribution < -0.4 is 10.1 Å². The number of amides is 1. The Kier molecular flexibility index (Phi) is 6.56. The molecule has 36 heavy (non-hydrogen) atoms. The molecule has 0 spiro atoms. The Morgan fingerprint density at radius 2 is 1.89 bits per heavy atom. The van der Waals surface area contributed by atoms with Crippen molar-refractivity contribution in [3.63, 3.8) is 0 Å². The van der Waals surface area contributed by atoms with E-state index < -0.39 is 0 Å². The van der Waals surface area contributed by atoms with Gasteiger partial charge in [-0.3, -0.25) is 4.79 Å². The molecule has 8 nitrogen and oxygen atoms in total. The summed E-state index contributed by atoms with van der Waals surface area (Å²) in [4.78, 5) is 29.6. The third-order valence-corrected chi connectivity index (χ3v) is 6.82. The Bertz CT molecular complexity index is 1600. The molecule has 0 atom stereocenters. The molecule has 1 N–H and O–H groups in total. The van der Waals surface area contributed by atoms with E-state index in [9.17, 15) is 9.59 Å². The second-order valence-corrected chi connectivity index (χ2v) is 8.99. The van der Waals surface area contributed by atoms with Gasteiger partial charge in [0.15, 0.2) is 5.16 Å². The maximum atomic E-state index is 12.9. The van der Waals surface area contributed by atoms with Crippen molar-refractivity contribution in [2.45, 2.75) is 25.5 Å².